The number of anilines is 1. The van der Waals surface area contributed by atoms with Crippen LogP contribution in [0.2, 0.25) is 0 Å². The van der Waals surface area contributed by atoms with Crippen LogP contribution < -0.4 is 10.0 Å². The molecule has 0 unspecified atom stereocenters. The van der Waals surface area contributed by atoms with Gasteiger partial charge >= 0.3 is 0 Å². The number of amides is 1. The minimum absolute atomic E-state index is 0.00860. The van der Waals surface area contributed by atoms with Gasteiger partial charge in [-0.25, -0.2) is 8.42 Å². The molecule has 0 spiro atoms. The maximum Gasteiger partial charge on any atom is 0.261 e. The fraction of sp³-hybridized carbons (Fsp3) is 0.174. The van der Waals surface area contributed by atoms with Crippen LogP contribution in [0.3, 0.4) is 0 Å². The highest BCUT2D eigenvalue weighted by atomic mass is 32.2. The Kier molecular flexibility index (Phi) is 6.87. The van der Waals surface area contributed by atoms with Crippen LogP contribution >= 0.6 is 0 Å². The minimum atomic E-state index is -3.85. The third-order valence-corrected chi connectivity index (χ3v) is 6.05. The van der Waals surface area contributed by atoms with Gasteiger partial charge in [0.15, 0.2) is 0 Å². The molecule has 1 amide bonds. The van der Waals surface area contributed by atoms with Crippen LogP contribution in [0.5, 0.6) is 0 Å². The van der Waals surface area contributed by atoms with Gasteiger partial charge in [-0.15, -0.1) is 0 Å². The molecule has 6 nitrogen and oxygen atoms in total. The van der Waals surface area contributed by atoms with Crippen LogP contribution in [0.1, 0.15) is 21.5 Å². The zero-order valence-corrected chi connectivity index (χ0v) is 17.4. The van der Waals surface area contributed by atoms with Crippen LogP contribution in [-0.4, -0.2) is 32.1 Å². The van der Waals surface area contributed by atoms with Crippen LogP contribution in [-0.2, 0) is 16.4 Å². The fourth-order valence-electron chi connectivity index (χ4n) is 3.06. The molecule has 30 heavy (non-hydrogen) atoms. The Hall–Kier alpha value is -3.16. The summed E-state index contributed by atoms with van der Waals surface area (Å²) in [5.41, 5.74) is 2.31. The number of benzene rings is 3. The van der Waals surface area contributed by atoms with Gasteiger partial charge < -0.3 is 10.4 Å². The molecule has 0 aromatic heterocycles. The molecule has 0 aliphatic rings. The molecule has 0 radical (unpaired) electrons. The van der Waals surface area contributed by atoms with E-state index in [1.165, 1.54) is 12.1 Å². The molecule has 3 aromatic rings. The van der Waals surface area contributed by atoms with E-state index in [9.17, 15) is 18.3 Å². The topological polar surface area (TPSA) is 95.5 Å². The van der Waals surface area contributed by atoms with Gasteiger partial charge in [-0.05, 0) is 48.7 Å². The summed E-state index contributed by atoms with van der Waals surface area (Å²) in [5, 5.41) is 12.5. The summed E-state index contributed by atoms with van der Waals surface area (Å²) in [6.45, 7) is 1.51. The Bertz CT molecular complexity index is 1100. The molecule has 7 heteroatoms. The van der Waals surface area contributed by atoms with Crippen LogP contribution in [0.15, 0.2) is 83.8 Å². The lowest BCUT2D eigenvalue weighted by Gasteiger charge is -2.18. The molecule has 0 aliphatic heterocycles. The molecule has 3 aromatic carbocycles. The smallest absolute Gasteiger partial charge is 0.261 e. The maximum absolute atomic E-state index is 12.8. The molecule has 3 N–H and O–H groups in total. The summed E-state index contributed by atoms with van der Waals surface area (Å²) in [6, 6.07) is 22.0. The third kappa shape index (κ3) is 5.46. The molecule has 156 valence electrons. The maximum atomic E-state index is 12.8. The molecule has 0 saturated heterocycles. The van der Waals surface area contributed by atoms with Crippen molar-refractivity contribution >= 4 is 21.6 Å². The molecular weight excluding hydrogens is 400 g/mol. The summed E-state index contributed by atoms with van der Waals surface area (Å²) in [7, 11) is -3.85. The molecular formula is C23H24N2O4S. The summed E-state index contributed by atoms with van der Waals surface area (Å²) in [5.74, 6) is -0.431. The lowest BCUT2D eigenvalue weighted by Crippen LogP contribution is -2.39. The predicted molar refractivity (Wildman–Crippen MR) is 117 cm³/mol. The Morgan fingerprint density at radius 3 is 2.23 bits per heavy atom. The van der Waals surface area contributed by atoms with E-state index in [4.69, 9.17) is 0 Å². The monoisotopic (exact) mass is 424 g/mol. The second-order valence-electron chi connectivity index (χ2n) is 6.99. The molecule has 0 aliphatic carbocycles. The van der Waals surface area contributed by atoms with Crippen LogP contribution in [0.4, 0.5) is 5.69 Å². The van der Waals surface area contributed by atoms with Gasteiger partial charge in [0.1, 0.15) is 0 Å². The van der Waals surface area contributed by atoms with Gasteiger partial charge in [-0.3, -0.25) is 9.52 Å². The zero-order valence-electron chi connectivity index (χ0n) is 16.6. The van der Waals surface area contributed by atoms with Crippen molar-refractivity contribution in [1.82, 2.24) is 5.32 Å². The van der Waals surface area contributed by atoms with Gasteiger partial charge in [0, 0.05) is 11.3 Å². The van der Waals surface area contributed by atoms with Crippen molar-refractivity contribution in [3.8, 4) is 0 Å². The predicted octanol–water partition coefficient (Wildman–Crippen LogP) is 3.13. The van der Waals surface area contributed by atoms with Gasteiger partial charge in [0.25, 0.3) is 15.9 Å². The number of aliphatic hydroxyl groups is 1. The molecule has 0 fully saturated rings. The van der Waals surface area contributed by atoms with Gasteiger partial charge in [0.05, 0.1) is 17.5 Å². The van der Waals surface area contributed by atoms with E-state index in [-0.39, 0.29) is 17.1 Å². The quantitative estimate of drug-likeness (QED) is 0.518. The standard InChI is InChI=1S/C23H24N2O4S/c1-17-12-13-21(30(28,29)25-19-10-6-3-7-11-19)15-22(17)23(27)24-20(16-26)14-18-8-4-2-5-9-18/h2-13,15,20,25-26H,14,16H2,1H3,(H,24,27)/t20-/m0/s1. The Morgan fingerprint density at radius 2 is 1.60 bits per heavy atom. The summed E-state index contributed by atoms with van der Waals surface area (Å²) < 4.78 is 28.0. The van der Waals surface area contributed by atoms with E-state index >= 15 is 0 Å². The fourth-order valence-corrected chi connectivity index (χ4v) is 4.14. The SMILES string of the molecule is Cc1ccc(S(=O)(=O)Nc2ccccc2)cc1C(=O)N[C@H](CO)Cc1ccccc1. The number of rotatable bonds is 8. The number of sulfonamides is 1. The summed E-state index contributed by atoms with van der Waals surface area (Å²) in [6.07, 6.45) is 0.468. The van der Waals surface area contributed by atoms with E-state index in [0.717, 1.165) is 5.56 Å². The Labute approximate surface area is 176 Å². The number of aryl methyl sites for hydroxylation is 1. The van der Waals surface area contributed by atoms with E-state index < -0.39 is 22.0 Å². The summed E-state index contributed by atoms with van der Waals surface area (Å²) >= 11 is 0. The highest BCUT2D eigenvalue weighted by molar-refractivity contribution is 7.92. The van der Waals surface area contributed by atoms with Gasteiger partial charge in [0.2, 0.25) is 0 Å². The minimum Gasteiger partial charge on any atom is -0.394 e. The molecule has 0 bridgehead atoms. The lowest BCUT2D eigenvalue weighted by molar-refractivity contribution is 0.0915. The highest BCUT2D eigenvalue weighted by Gasteiger charge is 2.20. The first-order valence-electron chi connectivity index (χ1n) is 9.53. The van der Waals surface area contributed by atoms with Crippen molar-refractivity contribution in [2.75, 3.05) is 11.3 Å². The Morgan fingerprint density at radius 1 is 0.967 bits per heavy atom. The van der Waals surface area contributed by atoms with Crippen molar-refractivity contribution in [3.63, 3.8) is 0 Å². The van der Waals surface area contributed by atoms with E-state index in [2.05, 4.69) is 10.0 Å². The Balaban J connectivity index is 1.79. The molecule has 1 atom stereocenters. The number of aliphatic hydroxyl groups excluding tert-OH is 1. The molecule has 3 rings (SSSR count). The van der Waals surface area contributed by atoms with Crippen LogP contribution in [0, 0.1) is 6.92 Å². The number of hydrogen-bond acceptors (Lipinski definition) is 4. The number of carbonyl (C=O) groups excluding carboxylic acids is 1. The van der Waals surface area contributed by atoms with Crippen LogP contribution in [0.25, 0.3) is 0 Å². The number of carbonyl (C=O) groups is 1. The van der Waals surface area contributed by atoms with E-state index in [1.807, 2.05) is 30.3 Å². The van der Waals surface area contributed by atoms with Crippen molar-refractivity contribution in [3.05, 3.63) is 95.6 Å². The first-order valence-corrected chi connectivity index (χ1v) is 11.0. The zero-order chi connectivity index (χ0) is 21.6. The van der Waals surface area contributed by atoms with Gasteiger partial charge in [-0.2, -0.15) is 0 Å². The number of para-hydroxylation sites is 1. The lowest BCUT2D eigenvalue weighted by atomic mass is 10.0. The average molecular weight is 425 g/mol. The van der Waals surface area contributed by atoms with E-state index in [0.29, 0.717) is 17.7 Å². The van der Waals surface area contributed by atoms with Crippen molar-refractivity contribution in [2.24, 2.45) is 0 Å². The first-order chi connectivity index (χ1) is 14.4. The number of nitrogens with one attached hydrogen (secondary N) is 2. The normalized spacial score (nSPS) is 12.2. The third-order valence-electron chi connectivity index (χ3n) is 4.67. The largest absolute Gasteiger partial charge is 0.394 e. The second kappa shape index (κ2) is 9.56. The van der Waals surface area contributed by atoms with E-state index in [1.54, 1.807) is 43.3 Å². The first kappa shape index (κ1) is 21.5. The summed E-state index contributed by atoms with van der Waals surface area (Å²) in [4.78, 5) is 12.8. The molecule has 0 heterocycles. The van der Waals surface area contributed by atoms with Crippen molar-refractivity contribution < 1.29 is 18.3 Å². The molecule has 0 saturated carbocycles. The number of hydrogen-bond donors (Lipinski definition) is 3. The average Bonchev–Trinajstić information content (AvgIpc) is 2.74. The van der Waals surface area contributed by atoms with Gasteiger partial charge in [-0.1, -0.05) is 54.6 Å². The van der Waals surface area contributed by atoms with Crippen molar-refractivity contribution in [2.45, 2.75) is 24.3 Å². The second-order valence-corrected chi connectivity index (χ2v) is 8.67. The van der Waals surface area contributed by atoms with Crippen molar-refractivity contribution in [1.29, 1.82) is 0 Å². The highest BCUT2D eigenvalue weighted by Crippen LogP contribution is 2.19.